The molecule has 0 heterocycles. The minimum atomic E-state index is -0.657. The van der Waals surface area contributed by atoms with Gasteiger partial charge in [0.05, 0.1) is 19.8 Å². The number of ether oxygens (including phenoxy) is 4. The Morgan fingerprint density at radius 1 is 0.920 bits per heavy atom. The van der Waals surface area contributed by atoms with Gasteiger partial charge in [0.2, 0.25) is 5.78 Å². The number of Topliss-reactive ketones (excluding diaryl/α,β-unsaturated/α-hetero) is 1. The van der Waals surface area contributed by atoms with Crippen molar-refractivity contribution < 1.29 is 28.5 Å². The summed E-state index contributed by atoms with van der Waals surface area (Å²) in [5, 5.41) is 0.564. The molecule has 0 saturated heterocycles. The van der Waals surface area contributed by atoms with E-state index in [9.17, 15) is 9.59 Å². The van der Waals surface area contributed by atoms with Gasteiger partial charge in [0.25, 0.3) is 0 Å². The molecule has 0 saturated carbocycles. The largest absolute Gasteiger partial charge is 0.497 e. The first-order valence-corrected chi connectivity index (χ1v) is 7.70. The number of methoxy groups -OCH3 is 2. The summed E-state index contributed by atoms with van der Waals surface area (Å²) in [6.45, 7) is -0.722. The molecular formula is C18H17ClO6. The Kier molecular flexibility index (Phi) is 6.65. The van der Waals surface area contributed by atoms with Crippen molar-refractivity contribution in [1.82, 2.24) is 0 Å². The van der Waals surface area contributed by atoms with Crippen LogP contribution in [-0.2, 0) is 9.53 Å². The van der Waals surface area contributed by atoms with Crippen LogP contribution in [0.15, 0.2) is 42.5 Å². The van der Waals surface area contributed by atoms with Crippen molar-refractivity contribution in [1.29, 1.82) is 0 Å². The van der Waals surface area contributed by atoms with E-state index in [1.165, 1.54) is 14.2 Å². The van der Waals surface area contributed by atoms with E-state index in [1.807, 2.05) is 0 Å². The lowest BCUT2D eigenvalue weighted by Gasteiger charge is -2.10. The van der Waals surface area contributed by atoms with E-state index < -0.39 is 12.6 Å². The van der Waals surface area contributed by atoms with Crippen molar-refractivity contribution in [3.8, 4) is 17.2 Å². The Hall–Kier alpha value is -2.73. The molecule has 0 unspecified atom stereocenters. The van der Waals surface area contributed by atoms with Crippen molar-refractivity contribution in [3.05, 3.63) is 53.1 Å². The number of rotatable bonds is 8. The minimum absolute atomic E-state index is 0.301. The van der Waals surface area contributed by atoms with Gasteiger partial charge in [-0.25, -0.2) is 4.79 Å². The van der Waals surface area contributed by atoms with Crippen molar-refractivity contribution in [2.24, 2.45) is 0 Å². The molecule has 132 valence electrons. The maximum absolute atomic E-state index is 12.2. The first-order valence-electron chi connectivity index (χ1n) is 7.32. The predicted molar refractivity (Wildman–Crippen MR) is 91.8 cm³/mol. The van der Waals surface area contributed by atoms with Gasteiger partial charge in [-0.15, -0.1) is 0 Å². The zero-order chi connectivity index (χ0) is 18.2. The summed E-state index contributed by atoms with van der Waals surface area (Å²) in [6, 6.07) is 11.3. The molecule has 0 N–H and O–H groups in total. The standard InChI is InChI=1S/C18H17ClO6/c1-22-14-7-8-15(17(9-14)23-2)16(20)10-25-18(21)11-24-13-5-3-12(19)4-6-13/h3-9H,10-11H2,1-2H3. The second-order valence-corrected chi connectivity index (χ2v) is 5.33. The van der Waals surface area contributed by atoms with Crippen LogP contribution >= 0.6 is 11.6 Å². The Labute approximate surface area is 150 Å². The third-order valence-electron chi connectivity index (χ3n) is 3.24. The number of ketones is 1. The molecule has 0 amide bonds. The molecular weight excluding hydrogens is 348 g/mol. The van der Waals surface area contributed by atoms with E-state index in [0.29, 0.717) is 27.8 Å². The molecule has 2 aromatic rings. The summed E-state index contributed by atoms with van der Waals surface area (Å²) in [5.74, 6) is 0.333. The number of benzene rings is 2. The molecule has 0 radical (unpaired) electrons. The monoisotopic (exact) mass is 364 g/mol. The Morgan fingerprint density at radius 2 is 1.60 bits per heavy atom. The van der Waals surface area contributed by atoms with Crippen LogP contribution in [0.25, 0.3) is 0 Å². The number of hydrogen-bond donors (Lipinski definition) is 0. The molecule has 2 rings (SSSR count). The Balaban J connectivity index is 1.86. The first-order chi connectivity index (χ1) is 12.0. The number of carbonyl (C=O) groups excluding carboxylic acids is 2. The molecule has 0 atom stereocenters. The van der Waals surface area contributed by atoms with Crippen LogP contribution in [0.3, 0.4) is 0 Å². The normalized spacial score (nSPS) is 10.0. The lowest BCUT2D eigenvalue weighted by Crippen LogP contribution is -2.19. The van der Waals surface area contributed by atoms with Crippen LogP contribution in [0.5, 0.6) is 17.2 Å². The van der Waals surface area contributed by atoms with Crippen molar-refractivity contribution >= 4 is 23.4 Å². The fraction of sp³-hybridized carbons (Fsp3) is 0.222. The average Bonchev–Trinajstić information content (AvgIpc) is 2.65. The molecule has 0 aromatic heterocycles. The van der Waals surface area contributed by atoms with E-state index in [0.717, 1.165) is 0 Å². The quantitative estimate of drug-likeness (QED) is 0.529. The second-order valence-electron chi connectivity index (χ2n) is 4.89. The van der Waals surface area contributed by atoms with Gasteiger partial charge in [0.15, 0.2) is 13.2 Å². The van der Waals surface area contributed by atoms with E-state index >= 15 is 0 Å². The lowest BCUT2D eigenvalue weighted by atomic mass is 10.1. The summed E-state index contributed by atoms with van der Waals surface area (Å²) in [7, 11) is 2.95. The van der Waals surface area contributed by atoms with Crippen LogP contribution in [0.2, 0.25) is 5.02 Å². The molecule has 0 aliphatic carbocycles. The second kappa shape index (κ2) is 8.94. The summed E-state index contributed by atoms with van der Waals surface area (Å²) in [4.78, 5) is 23.9. The maximum Gasteiger partial charge on any atom is 0.344 e. The smallest absolute Gasteiger partial charge is 0.344 e. The van der Waals surface area contributed by atoms with Crippen molar-refractivity contribution in [2.45, 2.75) is 0 Å². The third-order valence-corrected chi connectivity index (χ3v) is 3.50. The highest BCUT2D eigenvalue weighted by atomic mass is 35.5. The number of carbonyl (C=O) groups is 2. The SMILES string of the molecule is COc1ccc(C(=O)COC(=O)COc2ccc(Cl)cc2)c(OC)c1. The zero-order valence-corrected chi connectivity index (χ0v) is 14.5. The molecule has 6 nitrogen and oxygen atoms in total. The van der Waals surface area contributed by atoms with E-state index in [-0.39, 0.29) is 12.4 Å². The van der Waals surface area contributed by atoms with E-state index in [4.69, 9.17) is 30.5 Å². The van der Waals surface area contributed by atoms with Gasteiger partial charge < -0.3 is 18.9 Å². The van der Waals surface area contributed by atoms with Gasteiger partial charge in [0, 0.05) is 11.1 Å². The van der Waals surface area contributed by atoms with Crippen LogP contribution < -0.4 is 14.2 Å². The number of halogens is 1. The Morgan fingerprint density at radius 3 is 2.24 bits per heavy atom. The first kappa shape index (κ1) is 18.6. The highest BCUT2D eigenvalue weighted by Gasteiger charge is 2.15. The molecule has 0 bridgehead atoms. The molecule has 25 heavy (non-hydrogen) atoms. The predicted octanol–water partition coefficient (Wildman–Crippen LogP) is 3.16. The fourth-order valence-electron chi connectivity index (χ4n) is 1.97. The van der Waals surface area contributed by atoms with Gasteiger partial charge in [-0.2, -0.15) is 0 Å². The highest BCUT2D eigenvalue weighted by molar-refractivity contribution is 6.30. The minimum Gasteiger partial charge on any atom is -0.497 e. The zero-order valence-electron chi connectivity index (χ0n) is 13.8. The summed E-state index contributed by atoms with van der Waals surface area (Å²) in [6.07, 6.45) is 0. The fourth-order valence-corrected chi connectivity index (χ4v) is 2.09. The summed E-state index contributed by atoms with van der Waals surface area (Å²) >= 11 is 5.76. The lowest BCUT2D eigenvalue weighted by molar-refractivity contribution is -0.144. The number of esters is 1. The van der Waals surface area contributed by atoms with Crippen molar-refractivity contribution in [2.75, 3.05) is 27.4 Å². The molecule has 2 aromatic carbocycles. The van der Waals surface area contributed by atoms with Gasteiger partial charge in [-0.05, 0) is 36.4 Å². The van der Waals surface area contributed by atoms with E-state index in [2.05, 4.69) is 0 Å². The third kappa shape index (κ3) is 5.39. The van der Waals surface area contributed by atoms with Crippen LogP contribution in [-0.4, -0.2) is 39.2 Å². The van der Waals surface area contributed by atoms with Gasteiger partial charge in [-0.3, -0.25) is 4.79 Å². The van der Waals surface area contributed by atoms with Gasteiger partial charge in [-0.1, -0.05) is 11.6 Å². The Bertz CT molecular complexity index is 742. The molecule has 0 fully saturated rings. The molecule has 0 aliphatic heterocycles. The topological polar surface area (TPSA) is 71.1 Å². The van der Waals surface area contributed by atoms with Crippen molar-refractivity contribution in [3.63, 3.8) is 0 Å². The van der Waals surface area contributed by atoms with Gasteiger partial charge in [0.1, 0.15) is 17.2 Å². The molecule has 0 aliphatic rings. The maximum atomic E-state index is 12.2. The summed E-state index contributed by atoms with van der Waals surface area (Å²) in [5.41, 5.74) is 0.301. The number of hydrogen-bond acceptors (Lipinski definition) is 6. The summed E-state index contributed by atoms with van der Waals surface area (Å²) < 4.78 is 20.4. The van der Waals surface area contributed by atoms with Crippen LogP contribution in [0, 0.1) is 0 Å². The molecule has 7 heteroatoms. The average molecular weight is 365 g/mol. The van der Waals surface area contributed by atoms with Gasteiger partial charge >= 0.3 is 5.97 Å². The molecule has 0 spiro atoms. The van der Waals surface area contributed by atoms with E-state index in [1.54, 1.807) is 42.5 Å². The van der Waals surface area contributed by atoms with Crippen LogP contribution in [0.1, 0.15) is 10.4 Å². The van der Waals surface area contributed by atoms with Crippen LogP contribution in [0.4, 0.5) is 0 Å². The highest BCUT2D eigenvalue weighted by Crippen LogP contribution is 2.25.